The monoisotopic (exact) mass is 228 g/mol. The molecule has 0 aliphatic carbocycles. The smallest absolute Gasteiger partial charge is 0.0478 e. The van der Waals surface area contributed by atoms with E-state index in [2.05, 4.69) is 18.7 Å². The number of likely N-dealkylation sites (tertiary alicyclic amines) is 1. The van der Waals surface area contributed by atoms with E-state index in [1.165, 1.54) is 25.8 Å². The summed E-state index contributed by atoms with van der Waals surface area (Å²) in [6.45, 7) is 9.26. The molecule has 0 aromatic carbocycles. The molecule has 3 nitrogen and oxygen atoms in total. The Balaban J connectivity index is 2.24. The lowest BCUT2D eigenvalue weighted by Crippen LogP contribution is -2.47. The summed E-state index contributed by atoms with van der Waals surface area (Å²) < 4.78 is 5.38. The Labute approximate surface area is 100 Å². The molecular formula is C13H28N2O. The molecule has 0 amide bonds. The molecule has 2 N–H and O–H groups in total. The third-order valence-electron chi connectivity index (χ3n) is 3.73. The van der Waals surface area contributed by atoms with Crippen molar-refractivity contribution < 1.29 is 4.74 Å². The maximum atomic E-state index is 5.87. The number of hydrogen-bond donors (Lipinski definition) is 1. The Morgan fingerprint density at radius 2 is 2.19 bits per heavy atom. The molecule has 1 fully saturated rings. The molecule has 1 rings (SSSR count). The normalized spacial score (nSPS) is 27.2. The summed E-state index contributed by atoms with van der Waals surface area (Å²) in [4.78, 5) is 2.56. The summed E-state index contributed by atoms with van der Waals surface area (Å²) in [7, 11) is 0. The lowest BCUT2D eigenvalue weighted by atomic mass is 9.89. The fraction of sp³-hybridized carbons (Fsp3) is 1.00. The van der Waals surface area contributed by atoms with E-state index in [1.54, 1.807) is 0 Å². The zero-order valence-electron chi connectivity index (χ0n) is 11.0. The molecule has 1 heterocycles. The molecule has 2 atom stereocenters. The molecule has 1 aliphatic heterocycles. The van der Waals surface area contributed by atoms with Crippen molar-refractivity contribution in [3.63, 3.8) is 0 Å². The Morgan fingerprint density at radius 3 is 2.81 bits per heavy atom. The van der Waals surface area contributed by atoms with Gasteiger partial charge in [-0.05, 0) is 38.6 Å². The third kappa shape index (κ3) is 4.40. The Morgan fingerprint density at radius 1 is 1.38 bits per heavy atom. The molecule has 16 heavy (non-hydrogen) atoms. The van der Waals surface area contributed by atoms with Crippen molar-refractivity contribution in [2.45, 2.75) is 45.6 Å². The van der Waals surface area contributed by atoms with Gasteiger partial charge in [0.2, 0.25) is 0 Å². The van der Waals surface area contributed by atoms with Gasteiger partial charge in [0.25, 0.3) is 0 Å². The highest BCUT2D eigenvalue weighted by Gasteiger charge is 2.25. The van der Waals surface area contributed by atoms with Crippen molar-refractivity contribution >= 4 is 0 Å². The number of rotatable bonds is 7. The van der Waals surface area contributed by atoms with E-state index in [9.17, 15) is 0 Å². The minimum Gasteiger partial charge on any atom is -0.382 e. The van der Waals surface area contributed by atoms with Gasteiger partial charge in [-0.15, -0.1) is 0 Å². The van der Waals surface area contributed by atoms with E-state index in [0.717, 1.165) is 38.6 Å². The van der Waals surface area contributed by atoms with Gasteiger partial charge in [0, 0.05) is 32.3 Å². The predicted molar refractivity (Wildman–Crippen MR) is 68.5 cm³/mol. The molecule has 1 aliphatic rings. The zero-order valence-corrected chi connectivity index (χ0v) is 11.0. The summed E-state index contributed by atoms with van der Waals surface area (Å²) in [5, 5.41) is 0. The van der Waals surface area contributed by atoms with Gasteiger partial charge in [-0.3, -0.25) is 4.90 Å². The second-order valence-electron chi connectivity index (χ2n) is 4.77. The SMILES string of the molecule is CCOCCCN1CCC(CC)CC1CN. The first-order valence-corrected chi connectivity index (χ1v) is 6.83. The molecule has 0 saturated carbocycles. The van der Waals surface area contributed by atoms with Crippen molar-refractivity contribution in [2.75, 3.05) is 32.8 Å². The van der Waals surface area contributed by atoms with Crippen molar-refractivity contribution in [3.05, 3.63) is 0 Å². The van der Waals surface area contributed by atoms with Gasteiger partial charge in [0.15, 0.2) is 0 Å². The molecule has 2 unspecified atom stereocenters. The van der Waals surface area contributed by atoms with Gasteiger partial charge < -0.3 is 10.5 Å². The van der Waals surface area contributed by atoms with E-state index >= 15 is 0 Å². The largest absolute Gasteiger partial charge is 0.382 e. The maximum absolute atomic E-state index is 5.87. The second-order valence-corrected chi connectivity index (χ2v) is 4.77. The topological polar surface area (TPSA) is 38.5 Å². The van der Waals surface area contributed by atoms with Crippen LogP contribution < -0.4 is 5.73 Å². The van der Waals surface area contributed by atoms with Crippen LogP contribution in [0.25, 0.3) is 0 Å². The van der Waals surface area contributed by atoms with E-state index in [-0.39, 0.29) is 0 Å². The van der Waals surface area contributed by atoms with Crippen LogP contribution in [0.5, 0.6) is 0 Å². The molecule has 1 saturated heterocycles. The van der Waals surface area contributed by atoms with Crippen LogP contribution >= 0.6 is 0 Å². The number of ether oxygens (including phenoxy) is 1. The summed E-state index contributed by atoms with van der Waals surface area (Å²) in [5.74, 6) is 0.900. The Hall–Kier alpha value is -0.120. The Bertz CT molecular complexity index is 175. The lowest BCUT2D eigenvalue weighted by Gasteiger charge is -2.38. The van der Waals surface area contributed by atoms with Crippen LogP contribution in [-0.2, 0) is 4.74 Å². The number of nitrogens with two attached hydrogens (primary N) is 1. The highest BCUT2D eigenvalue weighted by molar-refractivity contribution is 4.81. The number of hydrogen-bond acceptors (Lipinski definition) is 3. The first-order chi connectivity index (χ1) is 7.81. The maximum Gasteiger partial charge on any atom is 0.0478 e. The van der Waals surface area contributed by atoms with Crippen LogP contribution in [0, 0.1) is 5.92 Å². The molecule has 0 aromatic rings. The summed E-state index contributed by atoms with van der Waals surface area (Å²) in [6, 6.07) is 0.611. The standard InChI is InChI=1S/C13H28N2O/c1-3-12-6-8-15(13(10-12)11-14)7-5-9-16-4-2/h12-13H,3-11,14H2,1-2H3. The van der Waals surface area contributed by atoms with Crippen molar-refractivity contribution in [1.82, 2.24) is 4.90 Å². The first-order valence-electron chi connectivity index (χ1n) is 6.83. The number of nitrogens with zero attached hydrogens (tertiary/aromatic N) is 1. The first kappa shape index (κ1) is 13.9. The van der Waals surface area contributed by atoms with Gasteiger partial charge in [0.1, 0.15) is 0 Å². The molecule has 0 aromatic heterocycles. The third-order valence-corrected chi connectivity index (χ3v) is 3.73. The van der Waals surface area contributed by atoms with Crippen molar-refractivity contribution in [1.29, 1.82) is 0 Å². The fourth-order valence-corrected chi connectivity index (χ4v) is 2.61. The summed E-state index contributed by atoms with van der Waals surface area (Å²) in [6.07, 6.45) is 5.09. The minimum atomic E-state index is 0.611. The number of piperidine rings is 1. The van der Waals surface area contributed by atoms with E-state index in [0.29, 0.717) is 6.04 Å². The van der Waals surface area contributed by atoms with Crippen LogP contribution in [0.4, 0.5) is 0 Å². The second kappa shape index (κ2) is 8.04. The van der Waals surface area contributed by atoms with Crippen LogP contribution in [-0.4, -0.2) is 43.8 Å². The molecule has 3 heteroatoms. The van der Waals surface area contributed by atoms with Crippen LogP contribution in [0.15, 0.2) is 0 Å². The average molecular weight is 228 g/mol. The minimum absolute atomic E-state index is 0.611. The van der Waals surface area contributed by atoms with Crippen LogP contribution in [0.3, 0.4) is 0 Å². The molecule has 0 radical (unpaired) electrons. The van der Waals surface area contributed by atoms with Crippen molar-refractivity contribution in [2.24, 2.45) is 11.7 Å². The van der Waals surface area contributed by atoms with E-state index < -0.39 is 0 Å². The summed E-state index contributed by atoms with van der Waals surface area (Å²) in [5.41, 5.74) is 5.87. The van der Waals surface area contributed by atoms with Crippen LogP contribution in [0.2, 0.25) is 0 Å². The fourth-order valence-electron chi connectivity index (χ4n) is 2.61. The van der Waals surface area contributed by atoms with Gasteiger partial charge in [-0.2, -0.15) is 0 Å². The summed E-state index contributed by atoms with van der Waals surface area (Å²) >= 11 is 0. The average Bonchev–Trinajstić information content (AvgIpc) is 2.34. The lowest BCUT2D eigenvalue weighted by molar-refractivity contribution is 0.0893. The molecule has 96 valence electrons. The highest BCUT2D eigenvalue weighted by Crippen LogP contribution is 2.24. The molecule has 0 spiro atoms. The molecule has 0 bridgehead atoms. The van der Waals surface area contributed by atoms with Crippen LogP contribution in [0.1, 0.15) is 39.5 Å². The van der Waals surface area contributed by atoms with Gasteiger partial charge in [0.05, 0.1) is 0 Å². The van der Waals surface area contributed by atoms with E-state index in [1.807, 2.05) is 0 Å². The van der Waals surface area contributed by atoms with Gasteiger partial charge in [-0.1, -0.05) is 13.3 Å². The quantitative estimate of drug-likeness (QED) is 0.676. The zero-order chi connectivity index (χ0) is 11.8. The van der Waals surface area contributed by atoms with E-state index in [4.69, 9.17) is 10.5 Å². The van der Waals surface area contributed by atoms with Gasteiger partial charge in [-0.25, -0.2) is 0 Å². The Kier molecular flexibility index (Phi) is 7.01. The molecular weight excluding hydrogens is 200 g/mol. The highest BCUT2D eigenvalue weighted by atomic mass is 16.5. The van der Waals surface area contributed by atoms with Crippen molar-refractivity contribution in [3.8, 4) is 0 Å². The van der Waals surface area contributed by atoms with Gasteiger partial charge >= 0.3 is 0 Å². The predicted octanol–water partition coefficient (Wildman–Crippen LogP) is 1.86.